The molecule has 1 aliphatic rings. The summed E-state index contributed by atoms with van der Waals surface area (Å²) in [6.07, 6.45) is 4.98. The van der Waals surface area contributed by atoms with Crippen LogP contribution in [0.25, 0.3) is 5.70 Å². The standard InChI is InChI=1S/C20H22N2O/c1-13(2)21-14(3)19-10-7-11-20(22-15(19)4)18-9-6-8-17(12-18)16(5)23/h6,8-12H,1,7H2,2-5H3. The zero-order chi connectivity index (χ0) is 17.0. The van der Waals surface area contributed by atoms with Gasteiger partial charge in [-0.15, -0.1) is 0 Å². The number of Topliss-reactive ketones (excluding diaryl/α,β-unsaturated/α-hetero) is 1. The van der Waals surface area contributed by atoms with E-state index in [1.165, 1.54) is 0 Å². The predicted molar refractivity (Wildman–Crippen MR) is 98.2 cm³/mol. The SMILES string of the molecule is C=C(C)N=C(C)C1=CCC=C(c2cccc(C(C)=O)c2)N=C1C. The third kappa shape index (κ3) is 4.22. The third-order valence-corrected chi connectivity index (χ3v) is 3.62. The molecule has 0 unspecified atom stereocenters. The van der Waals surface area contributed by atoms with Gasteiger partial charge in [-0.1, -0.05) is 36.9 Å². The smallest absolute Gasteiger partial charge is 0.159 e. The maximum absolute atomic E-state index is 11.6. The van der Waals surface area contributed by atoms with Gasteiger partial charge in [0.05, 0.1) is 5.70 Å². The minimum Gasteiger partial charge on any atom is -0.295 e. The second kappa shape index (κ2) is 7.14. The van der Waals surface area contributed by atoms with Gasteiger partial charge in [0.2, 0.25) is 0 Å². The van der Waals surface area contributed by atoms with Crippen LogP contribution < -0.4 is 0 Å². The average Bonchev–Trinajstić information content (AvgIpc) is 2.68. The molecule has 0 saturated heterocycles. The second-order valence-corrected chi connectivity index (χ2v) is 5.71. The zero-order valence-electron chi connectivity index (χ0n) is 14.2. The lowest BCUT2D eigenvalue weighted by Gasteiger charge is -2.07. The van der Waals surface area contributed by atoms with E-state index in [0.29, 0.717) is 5.56 Å². The highest BCUT2D eigenvalue weighted by Crippen LogP contribution is 2.23. The maximum atomic E-state index is 11.6. The van der Waals surface area contributed by atoms with Gasteiger partial charge >= 0.3 is 0 Å². The Morgan fingerprint density at radius 1 is 1.22 bits per heavy atom. The first-order chi connectivity index (χ1) is 10.9. The van der Waals surface area contributed by atoms with Gasteiger partial charge in [-0.3, -0.25) is 14.8 Å². The summed E-state index contributed by atoms with van der Waals surface area (Å²) in [4.78, 5) is 20.7. The van der Waals surface area contributed by atoms with Crippen molar-refractivity contribution in [3.63, 3.8) is 0 Å². The van der Waals surface area contributed by atoms with Crippen LogP contribution in [-0.4, -0.2) is 17.2 Å². The summed E-state index contributed by atoms with van der Waals surface area (Å²) in [5, 5.41) is 0. The molecular weight excluding hydrogens is 284 g/mol. The van der Waals surface area contributed by atoms with Gasteiger partial charge in [-0.05, 0) is 40.2 Å². The van der Waals surface area contributed by atoms with Crippen molar-refractivity contribution < 1.29 is 4.79 Å². The summed E-state index contributed by atoms with van der Waals surface area (Å²) in [6, 6.07) is 7.59. The molecule has 1 aromatic carbocycles. The normalized spacial score (nSPS) is 15.3. The van der Waals surface area contributed by atoms with E-state index in [1.807, 2.05) is 45.0 Å². The predicted octanol–water partition coefficient (Wildman–Crippen LogP) is 5.02. The molecule has 1 heterocycles. The van der Waals surface area contributed by atoms with E-state index in [4.69, 9.17) is 4.99 Å². The van der Waals surface area contributed by atoms with Crippen molar-refractivity contribution in [3.8, 4) is 0 Å². The molecule has 0 saturated carbocycles. The fourth-order valence-electron chi connectivity index (χ4n) is 2.56. The molecule has 118 valence electrons. The van der Waals surface area contributed by atoms with Crippen molar-refractivity contribution in [2.75, 3.05) is 0 Å². The van der Waals surface area contributed by atoms with Gasteiger partial charge in [0.15, 0.2) is 5.78 Å². The van der Waals surface area contributed by atoms with Crippen molar-refractivity contribution in [1.29, 1.82) is 0 Å². The Balaban J connectivity index is 2.37. The molecule has 0 atom stereocenters. The topological polar surface area (TPSA) is 41.8 Å². The molecule has 3 heteroatoms. The fraction of sp³-hybridized carbons (Fsp3) is 0.250. The number of allylic oxidation sites excluding steroid dienone is 4. The first-order valence-electron chi connectivity index (χ1n) is 7.67. The zero-order valence-corrected chi connectivity index (χ0v) is 14.2. The summed E-state index contributed by atoms with van der Waals surface area (Å²) >= 11 is 0. The fourth-order valence-corrected chi connectivity index (χ4v) is 2.56. The number of rotatable bonds is 4. The molecule has 0 N–H and O–H groups in total. The molecule has 0 bridgehead atoms. The quantitative estimate of drug-likeness (QED) is 0.569. The molecule has 2 rings (SSSR count). The summed E-state index contributed by atoms with van der Waals surface area (Å²) in [6.45, 7) is 11.2. The Kier molecular flexibility index (Phi) is 5.22. The van der Waals surface area contributed by atoms with E-state index in [2.05, 4.69) is 23.7 Å². The number of hydrogen-bond donors (Lipinski definition) is 0. The Morgan fingerprint density at radius 3 is 2.61 bits per heavy atom. The van der Waals surface area contributed by atoms with Gasteiger partial charge < -0.3 is 0 Å². The highest BCUT2D eigenvalue weighted by molar-refractivity contribution is 6.24. The van der Waals surface area contributed by atoms with Crippen LogP contribution in [0.15, 0.2) is 64.3 Å². The van der Waals surface area contributed by atoms with Crippen LogP contribution in [0.4, 0.5) is 0 Å². The van der Waals surface area contributed by atoms with Crippen molar-refractivity contribution >= 4 is 22.9 Å². The van der Waals surface area contributed by atoms with Crippen molar-refractivity contribution in [2.24, 2.45) is 9.98 Å². The number of nitrogens with zero attached hydrogens (tertiary/aromatic N) is 2. The minimum atomic E-state index is 0.0602. The number of carbonyl (C=O) groups excluding carboxylic acids is 1. The summed E-state index contributed by atoms with van der Waals surface area (Å²) in [5.74, 6) is 0.0602. The summed E-state index contributed by atoms with van der Waals surface area (Å²) in [7, 11) is 0. The Morgan fingerprint density at radius 2 is 1.96 bits per heavy atom. The third-order valence-electron chi connectivity index (χ3n) is 3.62. The first-order valence-corrected chi connectivity index (χ1v) is 7.67. The molecule has 0 aliphatic carbocycles. The van der Waals surface area contributed by atoms with Gasteiger partial charge in [0, 0.05) is 33.8 Å². The number of hydrogen-bond acceptors (Lipinski definition) is 3. The highest BCUT2D eigenvalue weighted by Gasteiger charge is 2.11. The molecule has 0 fully saturated rings. The van der Waals surface area contributed by atoms with Crippen molar-refractivity contribution in [3.05, 3.63) is 65.4 Å². The van der Waals surface area contributed by atoms with Crippen LogP contribution in [0, 0.1) is 0 Å². The number of carbonyl (C=O) groups is 1. The van der Waals surface area contributed by atoms with E-state index >= 15 is 0 Å². The highest BCUT2D eigenvalue weighted by atomic mass is 16.1. The van der Waals surface area contributed by atoms with Gasteiger partial charge in [0.25, 0.3) is 0 Å². The average molecular weight is 306 g/mol. The molecule has 0 spiro atoms. The maximum Gasteiger partial charge on any atom is 0.159 e. The molecule has 3 nitrogen and oxygen atoms in total. The lowest BCUT2D eigenvalue weighted by Crippen LogP contribution is -2.07. The van der Waals surface area contributed by atoms with Crippen LogP contribution >= 0.6 is 0 Å². The van der Waals surface area contributed by atoms with E-state index in [-0.39, 0.29) is 5.78 Å². The van der Waals surface area contributed by atoms with E-state index in [9.17, 15) is 4.79 Å². The Hall–Kier alpha value is -2.55. The lowest BCUT2D eigenvalue weighted by atomic mass is 10.1. The summed E-state index contributed by atoms with van der Waals surface area (Å²) in [5.41, 5.74) is 6.22. The van der Waals surface area contributed by atoms with Crippen LogP contribution in [0.2, 0.25) is 0 Å². The van der Waals surface area contributed by atoms with E-state index in [1.54, 1.807) is 6.92 Å². The van der Waals surface area contributed by atoms with Gasteiger partial charge in [-0.25, -0.2) is 0 Å². The molecule has 23 heavy (non-hydrogen) atoms. The molecule has 0 aromatic heterocycles. The van der Waals surface area contributed by atoms with Gasteiger partial charge in [0.1, 0.15) is 0 Å². The minimum absolute atomic E-state index is 0.0602. The van der Waals surface area contributed by atoms with Crippen molar-refractivity contribution in [1.82, 2.24) is 0 Å². The molecular formula is C20H22N2O. The second-order valence-electron chi connectivity index (χ2n) is 5.71. The lowest BCUT2D eigenvalue weighted by molar-refractivity contribution is 0.101. The number of ketones is 1. The molecule has 0 radical (unpaired) electrons. The number of aliphatic imine (C=N–C) groups is 2. The van der Waals surface area contributed by atoms with E-state index in [0.717, 1.165) is 40.4 Å². The Labute approximate surface area is 137 Å². The van der Waals surface area contributed by atoms with E-state index < -0.39 is 0 Å². The molecule has 0 amide bonds. The van der Waals surface area contributed by atoms with Gasteiger partial charge in [-0.2, -0.15) is 0 Å². The molecule has 1 aromatic rings. The van der Waals surface area contributed by atoms with Crippen LogP contribution in [-0.2, 0) is 0 Å². The largest absolute Gasteiger partial charge is 0.295 e. The van der Waals surface area contributed by atoms with Crippen molar-refractivity contribution in [2.45, 2.75) is 34.1 Å². The first kappa shape index (κ1) is 16.8. The van der Waals surface area contributed by atoms with Crippen LogP contribution in [0.1, 0.15) is 50.0 Å². The van der Waals surface area contributed by atoms with Crippen LogP contribution in [0.3, 0.4) is 0 Å². The molecule has 1 aliphatic heterocycles. The number of benzene rings is 1. The summed E-state index contributed by atoms with van der Waals surface area (Å²) < 4.78 is 0. The Bertz CT molecular complexity index is 777. The monoisotopic (exact) mass is 306 g/mol. The van der Waals surface area contributed by atoms with Crippen LogP contribution in [0.5, 0.6) is 0 Å².